The van der Waals surface area contributed by atoms with E-state index in [1.165, 1.54) is 36.2 Å². The number of aromatic amines is 1. The zero-order valence-electron chi connectivity index (χ0n) is 9.47. The van der Waals surface area contributed by atoms with Gasteiger partial charge in [0.1, 0.15) is 5.82 Å². The second kappa shape index (κ2) is 5.79. The van der Waals surface area contributed by atoms with Crippen molar-refractivity contribution in [3.8, 4) is 0 Å². The largest absolute Gasteiger partial charge is 0.323 e. The van der Waals surface area contributed by atoms with E-state index in [4.69, 9.17) is 5.73 Å². The van der Waals surface area contributed by atoms with Crippen LogP contribution in [0.25, 0.3) is 0 Å². The van der Waals surface area contributed by atoms with Crippen LogP contribution in [0.2, 0.25) is 0 Å². The fourth-order valence-electron chi connectivity index (χ4n) is 1.40. The van der Waals surface area contributed by atoms with Crippen molar-refractivity contribution in [1.82, 2.24) is 9.97 Å². The van der Waals surface area contributed by atoms with Gasteiger partial charge in [0.2, 0.25) is 0 Å². The molecule has 0 bridgehead atoms. The summed E-state index contributed by atoms with van der Waals surface area (Å²) >= 11 is 1.36. The molecule has 0 spiro atoms. The Hall–Kier alpha value is -1.66. The average molecular weight is 265 g/mol. The summed E-state index contributed by atoms with van der Waals surface area (Å²) in [6.07, 6.45) is 1.45. The molecule has 1 aromatic carbocycles. The topological polar surface area (TPSA) is 71.8 Å². The number of nitrogens with two attached hydrogens (primary N) is 1. The first-order valence-electron chi connectivity index (χ1n) is 5.34. The minimum absolute atomic E-state index is 0.192. The van der Waals surface area contributed by atoms with Crippen molar-refractivity contribution < 1.29 is 4.39 Å². The van der Waals surface area contributed by atoms with Gasteiger partial charge in [0.05, 0.1) is 0 Å². The molecular weight excluding hydrogens is 253 g/mol. The predicted octanol–water partition coefficient (Wildman–Crippen LogP) is 1.70. The SMILES string of the molecule is NC(CSc1nccc(=O)[nH]1)c1ccc(F)cc1. The molecule has 1 atom stereocenters. The second-order valence-corrected chi connectivity index (χ2v) is 4.72. The van der Waals surface area contributed by atoms with Gasteiger partial charge in [-0.05, 0) is 17.7 Å². The lowest BCUT2D eigenvalue weighted by atomic mass is 10.1. The Morgan fingerprint density at radius 3 is 2.72 bits per heavy atom. The maximum absolute atomic E-state index is 12.7. The van der Waals surface area contributed by atoms with Crippen LogP contribution < -0.4 is 11.3 Å². The first kappa shape index (κ1) is 12.8. The minimum Gasteiger partial charge on any atom is -0.323 e. The molecule has 0 aliphatic carbocycles. The highest BCUT2D eigenvalue weighted by atomic mass is 32.2. The van der Waals surface area contributed by atoms with Crippen molar-refractivity contribution in [3.05, 3.63) is 58.3 Å². The van der Waals surface area contributed by atoms with E-state index in [0.717, 1.165) is 5.56 Å². The van der Waals surface area contributed by atoms with Crippen molar-refractivity contribution >= 4 is 11.8 Å². The quantitative estimate of drug-likeness (QED) is 0.652. The van der Waals surface area contributed by atoms with Gasteiger partial charge in [0, 0.05) is 24.1 Å². The van der Waals surface area contributed by atoms with Crippen LogP contribution in [0.3, 0.4) is 0 Å². The van der Waals surface area contributed by atoms with Crippen molar-refractivity contribution in [3.63, 3.8) is 0 Å². The van der Waals surface area contributed by atoms with Crippen LogP contribution in [0.15, 0.2) is 46.5 Å². The molecule has 18 heavy (non-hydrogen) atoms. The highest BCUT2D eigenvalue weighted by Gasteiger charge is 2.07. The van der Waals surface area contributed by atoms with Crippen molar-refractivity contribution in [2.24, 2.45) is 5.73 Å². The molecule has 6 heteroatoms. The zero-order chi connectivity index (χ0) is 13.0. The van der Waals surface area contributed by atoms with Gasteiger partial charge >= 0.3 is 0 Å². The molecular formula is C12H12FN3OS. The Morgan fingerprint density at radius 2 is 2.06 bits per heavy atom. The van der Waals surface area contributed by atoms with Crippen molar-refractivity contribution in [1.29, 1.82) is 0 Å². The summed E-state index contributed by atoms with van der Waals surface area (Å²) in [5.41, 5.74) is 6.63. The Labute approximate surface area is 107 Å². The van der Waals surface area contributed by atoms with Gasteiger partial charge in [-0.25, -0.2) is 9.37 Å². The number of aromatic nitrogens is 2. The monoisotopic (exact) mass is 265 g/mol. The molecule has 94 valence electrons. The number of halogens is 1. The fourth-order valence-corrected chi connectivity index (χ4v) is 2.24. The number of hydrogen-bond donors (Lipinski definition) is 2. The summed E-state index contributed by atoms with van der Waals surface area (Å²) in [6.45, 7) is 0. The van der Waals surface area contributed by atoms with Gasteiger partial charge in [-0.3, -0.25) is 4.79 Å². The first-order chi connectivity index (χ1) is 8.65. The van der Waals surface area contributed by atoms with Gasteiger partial charge in [-0.1, -0.05) is 23.9 Å². The smallest absolute Gasteiger partial charge is 0.251 e. The van der Waals surface area contributed by atoms with Crippen LogP contribution in [0.5, 0.6) is 0 Å². The fraction of sp³-hybridized carbons (Fsp3) is 0.167. The Morgan fingerprint density at radius 1 is 1.33 bits per heavy atom. The molecule has 1 aromatic heterocycles. The summed E-state index contributed by atoms with van der Waals surface area (Å²) in [6, 6.07) is 7.18. The number of H-pyrrole nitrogens is 1. The second-order valence-electron chi connectivity index (χ2n) is 3.71. The van der Waals surface area contributed by atoms with E-state index in [9.17, 15) is 9.18 Å². The molecule has 0 saturated carbocycles. The molecule has 2 aromatic rings. The highest BCUT2D eigenvalue weighted by Crippen LogP contribution is 2.19. The van der Waals surface area contributed by atoms with E-state index in [0.29, 0.717) is 10.9 Å². The molecule has 1 unspecified atom stereocenters. The summed E-state index contributed by atoms with van der Waals surface area (Å²) < 4.78 is 12.7. The van der Waals surface area contributed by atoms with E-state index in [1.807, 2.05) is 0 Å². The van der Waals surface area contributed by atoms with Gasteiger partial charge in [-0.15, -0.1) is 0 Å². The lowest BCUT2D eigenvalue weighted by molar-refractivity contribution is 0.626. The zero-order valence-corrected chi connectivity index (χ0v) is 10.3. The van der Waals surface area contributed by atoms with Gasteiger partial charge in [-0.2, -0.15) is 0 Å². The van der Waals surface area contributed by atoms with Gasteiger partial charge < -0.3 is 10.7 Å². The van der Waals surface area contributed by atoms with Crippen LogP contribution in [-0.2, 0) is 0 Å². The number of nitrogens with one attached hydrogen (secondary N) is 1. The molecule has 4 nitrogen and oxygen atoms in total. The average Bonchev–Trinajstić information content (AvgIpc) is 2.37. The Bertz CT molecular complexity index is 570. The summed E-state index contributed by atoms with van der Waals surface area (Å²) in [7, 11) is 0. The molecule has 0 aliphatic rings. The van der Waals surface area contributed by atoms with E-state index in [1.54, 1.807) is 12.1 Å². The number of thioether (sulfide) groups is 1. The summed E-state index contributed by atoms with van der Waals surface area (Å²) in [5.74, 6) is 0.270. The number of hydrogen-bond acceptors (Lipinski definition) is 4. The van der Waals surface area contributed by atoms with Crippen molar-refractivity contribution in [2.45, 2.75) is 11.2 Å². The number of nitrogens with zero attached hydrogens (tertiary/aromatic N) is 1. The van der Waals surface area contributed by atoms with Crippen molar-refractivity contribution in [2.75, 3.05) is 5.75 Å². The normalized spacial score (nSPS) is 12.3. The lowest BCUT2D eigenvalue weighted by Gasteiger charge is -2.10. The first-order valence-corrected chi connectivity index (χ1v) is 6.33. The third-order valence-electron chi connectivity index (χ3n) is 2.35. The van der Waals surface area contributed by atoms with Crippen LogP contribution in [-0.4, -0.2) is 15.7 Å². The molecule has 0 aliphatic heterocycles. The van der Waals surface area contributed by atoms with E-state index in [-0.39, 0.29) is 17.4 Å². The van der Waals surface area contributed by atoms with E-state index >= 15 is 0 Å². The third-order valence-corrected chi connectivity index (χ3v) is 3.35. The maximum atomic E-state index is 12.7. The standard InChI is InChI=1S/C12H12FN3OS/c13-9-3-1-8(2-4-9)10(14)7-18-12-15-6-5-11(17)16-12/h1-6,10H,7,14H2,(H,15,16,17). The molecule has 1 heterocycles. The summed E-state index contributed by atoms with van der Waals surface area (Å²) in [5, 5.41) is 0.528. The molecule has 0 saturated heterocycles. The Balaban J connectivity index is 1.98. The van der Waals surface area contributed by atoms with Gasteiger partial charge in [0.25, 0.3) is 5.56 Å². The highest BCUT2D eigenvalue weighted by molar-refractivity contribution is 7.99. The summed E-state index contributed by atoms with van der Waals surface area (Å²) in [4.78, 5) is 17.7. The van der Waals surface area contributed by atoms with Crippen LogP contribution in [0, 0.1) is 5.82 Å². The third kappa shape index (κ3) is 3.41. The molecule has 0 amide bonds. The minimum atomic E-state index is -0.285. The number of benzene rings is 1. The number of rotatable bonds is 4. The maximum Gasteiger partial charge on any atom is 0.251 e. The molecule has 0 fully saturated rings. The van der Waals surface area contributed by atoms with Crippen LogP contribution in [0.4, 0.5) is 4.39 Å². The predicted molar refractivity (Wildman–Crippen MR) is 68.9 cm³/mol. The van der Waals surface area contributed by atoms with Crippen LogP contribution >= 0.6 is 11.8 Å². The van der Waals surface area contributed by atoms with Crippen LogP contribution in [0.1, 0.15) is 11.6 Å². The molecule has 2 rings (SSSR count). The van der Waals surface area contributed by atoms with Gasteiger partial charge in [0.15, 0.2) is 5.16 Å². The van der Waals surface area contributed by atoms with E-state index < -0.39 is 0 Å². The van der Waals surface area contributed by atoms with E-state index in [2.05, 4.69) is 9.97 Å². The molecule has 0 radical (unpaired) electrons. The lowest BCUT2D eigenvalue weighted by Crippen LogP contribution is -2.14. The molecule has 3 N–H and O–H groups in total. The Kier molecular flexibility index (Phi) is 4.11.